The van der Waals surface area contributed by atoms with Gasteiger partial charge in [0.25, 0.3) is 0 Å². The van der Waals surface area contributed by atoms with Crippen LogP contribution < -0.4 is 15.0 Å². The Morgan fingerprint density at radius 3 is 2.58 bits per heavy atom. The smallest absolute Gasteiger partial charge is 0.246 e. The zero-order valence-electron chi connectivity index (χ0n) is 14.9. The van der Waals surface area contributed by atoms with Gasteiger partial charge in [0.05, 0.1) is 18.3 Å². The summed E-state index contributed by atoms with van der Waals surface area (Å²) in [5, 5.41) is 3.20. The summed E-state index contributed by atoms with van der Waals surface area (Å²) in [6.45, 7) is 8.83. The molecule has 2 aromatic rings. The number of nitrogens with zero attached hydrogens (tertiary/aromatic N) is 1. The molecule has 0 heterocycles. The molecule has 1 amide bonds. The molecule has 0 bridgehead atoms. The van der Waals surface area contributed by atoms with Crippen molar-refractivity contribution in [1.29, 1.82) is 0 Å². The van der Waals surface area contributed by atoms with Crippen LogP contribution in [0.1, 0.15) is 26.3 Å². The van der Waals surface area contributed by atoms with Crippen molar-refractivity contribution < 1.29 is 9.53 Å². The highest BCUT2D eigenvalue weighted by atomic mass is 16.5. The summed E-state index contributed by atoms with van der Waals surface area (Å²) in [4.78, 5) is 14.4. The normalized spacial score (nSPS) is 10.5. The fourth-order valence-electron chi connectivity index (χ4n) is 2.53. The second-order valence-electron chi connectivity index (χ2n) is 5.99. The lowest BCUT2D eigenvalue weighted by atomic mass is 10.2. The van der Waals surface area contributed by atoms with E-state index in [1.54, 1.807) is 4.90 Å². The van der Waals surface area contributed by atoms with E-state index in [4.69, 9.17) is 4.74 Å². The van der Waals surface area contributed by atoms with Gasteiger partial charge < -0.3 is 15.0 Å². The Hall–Kier alpha value is -2.49. The topological polar surface area (TPSA) is 41.6 Å². The Morgan fingerprint density at radius 1 is 1.17 bits per heavy atom. The van der Waals surface area contributed by atoms with Crippen molar-refractivity contribution in [3.63, 3.8) is 0 Å². The van der Waals surface area contributed by atoms with Gasteiger partial charge in [0.15, 0.2) is 0 Å². The Morgan fingerprint density at radius 2 is 1.92 bits per heavy atom. The van der Waals surface area contributed by atoms with Crippen LogP contribution in [0.5, 0.6) is 5.75 Å². The van der Waals surface area contributed by atoms with E-state index in [1.807, 2.05) is 76.2 Å². The second-order valence-corrected chi connectivity index (χ2v) is 5.99. The van der Waals surface area contributed by atoms with Gasteiger partial charge in [-0.25, -0.2) is 0 Å². The van der Waals surface area contributed by atoms with Crippen LogP contribution in [0.3, 0.4) is 0 Å². The number of aryl methyl sites for hydroxylation is 1. The number of nitrogens with one attached hydrogen (secondary N) is 1. The monoisotopic (exact) mass is 326 g/mol. The van der Waals surface area contributed by atoms with E-state index in [0.29, 0.717) is 6.54 Å². The third-order valence-electron chi connectivity index (χ3n) is 3.61. The third kappa shape index (κ3) is 4.75. The molecular weight excluding hydrogens is 300 g/mol. The van der Waals surface area contributed by atoms with Gasteiger partial charge in [0.2, 0.25) is 5.91 Å². The molecule has 0 atom stereocenters. The molecule has 128 valence electrons. The molecule has 0 fully saturated rings. The summed E-state index contributed by atoms with van der Waals surface area (Å²) >= 11 is 0. The largest absolute Gasteiger partial charge is 0.489 e. The molecule has 4 heteroatoms. The van der Waals surface area contributed by atoms with Crippen LogP contribution in [-0.4, -0.2) is 25.1 Å². The minimum atomic E-state index is 0.0300. The average Bonchev–Trinajstić information content (AvgIpc) is 2.54. The number of likely N-dealkylation sites (N-methyl/N-ethyl adjacent to an activating group) is 1. The molecule has 4 nitrogen and oxygen atoms in total. The molecule has 1 N–H and O–H groups in total. The molecule has 0 spiro atoms. The number of carbonyl (C=O) groups is 1. The van der Waals surface area contributed by atoms with E-state index in [1.165, 1.54) is 0 Å². The first-order chi connectivity index (χ1) is 11.5. The van der Waals surface area contributed by atoms with E-state index in [9.17, 15) is 4.79 Å². The van der Waals surface area contributed by atoms with Crippen molar-refractivity contribution in [1.82, 2.24) is 0 Å². The number of hydrogen-bond acceptors (Lipinski definition) is 3. The van der Waals surface area contributed by atoms with Crippen molar-refractivity contribution in [3.8, 4) is 5.75 Å². The molecular formula is C20H26N2O2. The van der Waals surface area contributed by atoms with Crippen LogP contribution in [-0.2, 0) is 4.79 Å². The van der Waals surface area contributed by atoms with Gasteiger partial charge in [-0.2, -0.15) is 0 Å². The van der Waals surface area contributed by atoms with Crippen LogP contribution >= 0.6 is 0 Å². The fraction of sp³-hybridized carbons (Fsp3) is 0.350. The molecule has 0 aliphatic heterocycles. The first-order valence-corrected chi connectivity index (χ1v) is 8.38. The summed E-state index contributed by atoms with van der Waals surface area (Å²) < 4.78 is 5.78. The minimum absolute atomic E-state index is 0.0300. The number of carbonyl (C=O) groups excluding carboxylic acids is 1. The maximum atomic E-state index is 12.6. The van der Waals surface area contributed by atoms with Crippen molar-refractivity contribution in [2.45, 2.75) is 33.8 Å². The summed E-state index contributed by atoms with van der Waals surface area (Å²) in [5.41, 5.74) is 2.90. The van der Waals surface area contributed by atoms with Crippen LogP contribution in [0.4, 0.5) is 11.4 Å². The molecule has 24 heavy (non-hydrogen) atoms. The molecule has 0 aliphatic rings. The molecule has 0 saturated heterocycles. The third-order valence-corrected chi connectivity index (χ3v) is 3.61. The maximum absolute atomic E-state index is 12.6. The lowest BCUT2D eigenvalue weighted by molar-refractivity contribution is -0.116. The van der Waals surface area contributed by atoms with Gasteiger partial charge in [-0.1, -0.05) is 24.3 Å². The summed E-state index contributed by atoms with van der Waals surface area (Å²) in [6, 6.07) is 15.7. The number of amides is 1. The zero-order chi connectivity index (χ0) is 17.5. The van der Waals surface area contributed by atoms with Gasteiger partial charge in [0, 0.05) is 12.2 Å². The van der Waals surface area contributed by atoms with Gasteiger partial charge in [-0.05, 0) is 57.5 Å². The summed E-state index contributed by atoms with van der Waals surface area (Å²) in [5.74, 6) is 0.793. The van der Waals surface area contributed by atoms with Crippen LogP contribution in [0.15, 0.2) is 48.5 Å². The molecule has 0 saturated carbocycles. The van der Waals surface area contributed by atoms with E-state index in [0.717, 1.165) is 22.7 Å². The van der Waals surface area contributed by atoms with Crippen molar-refractivity contribution in [2.75, 3.05) is 23.3 Å². The van der Waals surface area contributed by atoms with E-state index in [-0.39, 0.29) is 18.6 Å². The lowest BCUT2D eigenvalue weighted by Gasteiger charge is -2.22. The van der Waals surface area contributed by atoms with E-state index >= 15 is 0 Å². The van der Waals surface area contributed by atoms with Crippen LogP contribution in [0, 0.1) is 6.92 Å². The minimum Gasteiger partial charge on any atom is -0.489 e. The number of rotatable bonds is 7. The van der Waals surface area contributed by atoms with Crippen molar-refractivity contribution >= 4 is 17.3 Å². The Kier molecular flexibility index (Phi) is 6.24. The standard InChI is InChI=1S/C20H26N2O2/c1-5-22(17-10-8-9-16(4)13-17)20(23)14-21-18-11-6-7-12-19(18)24-15(2)3/h6-13,15,21H,5,14H2,1-4H3. The first-order valence-electron chi connectivity index (χ1n) is 8.38. The predicted octanol–water partition coefficient (Wildman–Crippen LogP) is 4.25. The summed E-state index contributed by atoms with van der Waals surface area (Å²) in [7, 11) is 0. The van der Waals surface area contributed by atoms with Crippen molar-refractivity contribution in [2.24, 2.45) is 0 Å². The maximum Gasteiger partial charge on any atom is 0.246 e. The molecule has 2 rings (SSSR count). The Balaban J connectivity index is 2.07. The number of ether oxygens (including phenoxy) is 1. The quantitative estimate of drug-likeness (QED) is 0.827. The highest BCUT2D eigenvalue weighted by Gasteiger charge is 2.14. The predicted molar refractivity (Wildman–Crippen MR) is 99.9 cm³/mol. The van der Waals surface area contributed by atoms with Crippen molar-refractivity contribution in [3.05, 3.63) is 54.1 Å². The zero-order valence-corrected chi connectivity index (χ0v) is 14.9. The first kappa shape index (κ1) is 17.9. The van der Waals surface area contributed by atoms with Gasteiger partial charge in [-0.15, -0.1) is 0 Å². The fourth-order valence-corrected chi connectivity index (χ4v) is 2.53. The Bertz CT molecular complexity index is 683. The molecule has 2 aromatic carbocycles. The molecule has 0 radical (unpaired) electrons. The van der Waals surface area contributed by atoms with Gasteiger partial charge in [0.1, 0.15) is 5.75 Å². The number of para-hydroxylation sites is 2. The average molecular weight is 326 g/mol. The number of hydrogen-bond donors (Lipinski definition) is 1. The number of benzene rings is 2. The second kappa shape index (κ2) is 8.39. The Labute approximate surface area is 144 Å². The van der Waals surface area contributed by atoms with Gasteiger partial charge in [-0.3, -0.25) is 4.79 Å². The number of anilines is 2. The SMILES string of the molecule is CCN(C(=O)CNc1ccccc1OC(C)C)c1cccc(C)c1. The molecule has 0 aliphatic carbocycles. The molecule has 0 unspecified atom stereocenters. The van der Waals surface area contributed by atoms with Gasteiger partial charge >= 0.3 is 0 Å². The van der Waals surface area contributed by atoms with Crippen LogP contribution in [0.25, 0.3) is 0 Å². The lowest BCUT2D eigenvalue weighted by Crippen LogP contribution is -2.35. The van der Waals surface area contributed by atoms with E-state index in [2.05, 4.69) is 5.32 Å². The highest BCUT2D eigenvalue weighted by Crippen LogP contribution is 2.25. The molecule has 0 aromatic heterocycles. The summed E-state index contributed by atoms with van der Waals surface area (Å²) in [6.07, 6.45) is 0.0862. The van der Waals surface area contributed by atoms with Crippen LogP contribution in [0.2, 0.25) is 0 Å². The highest BCUT2D eigenvalue weighted by molar-refractivity contribution is 5.96. The van der Waals surface area contributed by atoms with E-state index < -0.39 is 0 Å².